The summed E-state index contributed by atoms with van der Waals surface area (Å²) >= 11 is 0. The molecule has 1 aliphatic heterocycles. The van der Waals surface area contributed by atoms with Gasteiger partial charge in [-0.1, -0.05) is 0 Å². The first-order valence-corrected chi connectivity index (χ1v) is 7.58. The van der Waals surface area contributed by atoms with Crippen LogP contribution >= 0.6 is 0 Å². The molecule has 6 nitrogen and oxygen atoms in total. The first-order chi connectivity index (χ1) is 10.7. The molecule has 118 valence electrons. The van der Waals surface area contributed by atoms with E-state index < -0.39 is 0 Å². The number of ether oxygens (including phenoxy) is 1. The molecule has 0 bridgehead atoms. The van der Waals surface area contributed by atoms with Gasteiger partial charge < -0.3 is 20.1 Å². The number of ketones is 1. The Hall–Kier alpha value is -1.92. The van der Waals surface area contributed by atoms with Gasteiger partial charge in [0.05, 0.1) is 13.2 Å². The molecular weight excluding hydrogens is 284 g/mol. The lowest BCUT2D eigenvalue weighted by molar-refractivity contribution is 0.0958. The Morgan fingerprint density at radius 1 is 1.41 bits per heavy atom. The van der Waals surface area contributed by atoms with Gasteiger partial charge in [0.1, 0.15) is 0 Å². The highest BCUT2D eigenvalue weighted by Crippen LogP contribution is 2.25. The van der Waals surface area contributed by atoms with Gasteiger partial charge in [0, 0.05) is 43.3 Å². The van der Waals surface area contributed by atoms with E-state index in [0.717, 1.165) is 17.5 Å². The minimum Gasteiger partial charge on any atom is -0.396 e. The minimum atomic E-state index is -0.201. The van der Waals surface area contributed by atoms with Crippen molar-refractivity contribution in [2.45, 2.75) is 12.8 Å². The lowest BCUT2D eigenvalue weighted by atomic mass is 10.1. The molecule has 0 saturated carbocycles. The molecule has 0 spiro atoms. The average Bonchev–Trinajstić information content (AvgIpc) is 2.75. The number of Topliss-reactive ketones (excluding diaryl/α,β-unsaturated/α-hetero) is 1. The summed E-state index contributed by atoms with van der Waals surface area (Å²) < 4.78 is 5.38. The van der Waals surface area contributed by atoms with Gasteiger partial charge in [-0.05, 0) is 30.2 Å². The molecule has 2 aliphatic rings. The molecular formula is C16H20N2O4. The fraction of sp³-hybridized carbons (Fsp3) is 0.500. The number of hydrogen-bond donors (Lipinski definition) is 2. The number of carbonyl (C=O) groups excluding carboxylic acids is 2. The van der Waals surface area contributed by atoms with Gasteiger partial charge in [0.15, 0.2) is 5.78 Å². The van der Waals surface area contributed by atoms with Gasteiger partial charge in [-0.25, -0.2) is 4.79 Å². The van der Waals surface area contributed by atoms with Gasteiger partial charge in [-0.3, -0.25) is 4.79 Å². The first kappa shape index (κ1) is 15.0. The van der Waals surface area contributed by atoms with Crippen molar-refractivity contribution in [1.29, 1.82) is 0 Å². The van der Waals surface area contributed by atoms with Gasteiger partial charge in [-0.15, -0.1) is 0 Å². The number of amides is 2. The summed E-state index contributed by atoms with van der Waals surface area (Å²) in [6.45, 7) is 1.94. The van der Waals surface area contributed by atoms with Crippen molar-refractivity contribution in [1.82, 2.24) is 4.90 Å². The summed E-state index contributed by atoms with van der Waals surface area (Å²) in [5.41, 5.74) is 2.46. The zero-order valence-electron chi connectivity index (χ0n) is 12.4. The van der Waals surface area contributed by atoms with Crippen LogP contribution in [0.15, 0.2) is 18.2 Å². The number of aliphatic hydroxyl groups is 1. The molecule has 1 aromatic rings. The maximum absolute atomic E-state index is 12.4. The molecule has 1 heterocycles. The Morgan fingerprint density at radius 3 is 3.09 bits per heavy atom. The Kier molecular flexibility index (Phi) is 4.40. The van der Waals surface area contributed by atoms with Crippen molar-refractivity contribution in [2.24, 2.45) is 5.92 Å². The Balaban J connectivity index is 1.67. The summed E-state index contributed by atoms with van der Waals surface area (Å²) in [4.78, 5) is 25.6. The summed E-state index contributed by atoms with van der Waals surface area (Å²) in [5, 5.41) is 12.1. The van der Waals surface area contributed by atoms with Crippen molar-refractivity contribution in [2.75, 3.05) is 38.2 Å². The highest BCUT2D eigenvalue weighted by Gasteiger charge is 2.23. The standard InChI is InChI=1S/C16H20N2O4/c19-9-11-8-18(5-6-22-10-11)16(21)17-13-2-3-14-12(7-13)1-4-15(14)20/h2-3,7,11,19H,1,4-6,8-10H2,(H,17,21). The second-order valence-corrected chi connectivity index (χ2v) is 5.79. The molecule has 0 aromatic heterocycles. The quantitative estimate of drug-likeness (QED) is 0.863. The summed E-state index contributed by atoms with van der Waals surface area (Å²) in [6.07, 6.45) is 1.29. The fourth-order valence-corrected chi connectivity index (χ4v) is 2.91. The molecule has 1 aromatic carbocycles. The first-order valence-electron chi connectivity index (χ1n) is 7.58. The normalized spacial score (nSPS) is 21.4. The summed E-state index contributed by atoms with van der Waals surface area (Å²) in [5.74, 6) is 0.120. The van der Waals surface area contributed by atoms with Crippen molar-refractivity contribution in [3.05, 3.63) is 29.3 Å². The molecule has 1 aliphatic carbocycles. The van der Waals surface area contributed by atoms with Crippen LogP contribution in [0.25, 0.3) is 0 Å². The van der Waals surface area contributed by atoms with Crippen LogP contribution in [0.3, 0.4) is 0 Å². The Morgan fingerprint density at radius 2 is 2.27 bits per heavy atom. The fourth-order valence-electron chi connectivity index (χ4n) is 2.91. The van der Waals surface area contributed by atoms with E-state index in [4.69, 9.17) is 4.74 Å². The number of nitrogens with one attached hydrogen (secondary N) is 1. The third-order valence-corrected chi connectivity index (χ3v) is 4.16. The average molecular weight is 304 g/mol. The number of urea groups is 1. The summed E-state index contributed by atoms with van der Waals surface area (Å²) in [6, 6.07) is 5.21. The van der Waals surface area contributed by atoms with Crippen molar-refractivity contribution in [3.63, 3.8) is 0 Å². The highest BCUT2D eigenvalue weighted by atomic mass is 16.5. The third-order valence-electron chi connectivity index (χ3n) is 4.16. The Bertz CT molecular complexity index is 588. The number of benzene rings is 1. The number of rotatable bonds is 2. The molecule has 22 heavy (non-hydrogen) atoms. The van der Waals surface area contributed by atoms with Crippen LogP contribution in [-0.2, 0) is 11.2 Å². The van der Waals surface area contributed by atoms with E-state index in [9.17, 15) is 14.7 Å². The zero-order chi connectivity index (χ0) is 15.5. The van der Waals surface area contributed by atoms with Crippen LogP contribution in [0.1, 0.15) is 22.3 Å². The van der Waals surface area contributed by atoms with E-state index in [0.29, 0.717) is 38.4 Å². The van der Waals surface area contributed by atoms with E-state index in [1.807, 2.05) is 6.07 Å². The van der Waals surface area contributed by atoms with Crippen LogP contribution < -0.4 is 5.32 Å². The summed E-state index contributed by atoms with van der Waals surface area (Å²) in [7, 11) is 0. The number of carbonyl (C=O) groups is 2. The van der Waals surface area contributed by atoms with E-state index in [-0.39, 0.29) is 24.3 Å². The Labute approximate surface area is 129 Å². The molecule has 3 rings (SSSR count). The second-order valence-electron chi connectivity index (χ2n) is 5.79. The van der Waals surface area contributed by atoms with Crippen LogP contribution in [-0.4, -0.2) is 54.7 Å². The van der Waals surface area contributed by atoms with E-state index >= 15 is 0 Å². The largest absolute Gasteiger partial charge is 0.396 e. The molecule has 0 radical (unpaired) electrons. The third kappa shape index (κ3) is 3.13. The molecule has 1 unspecified atom stereocenters. The second kappa shape index (κ2) is 6.46. The van der Waals surface area contributed by atoms with E-state index in [1.54, 1.807) is 17.0 Å². The van der Waals surface area contributed by atoms with Crippen LogP contribution in [0.4, 0.5) is 10.5 Å². The van der Waals surface area contributed by atoms with Crippen molar-refractivity contribution in [3.8, 4) is 0 Å². The molecule has 1 fully saturated rings. The molecule has 2 N–H and O–H groups in total. The van der Waals surface area contributed by atoms with E-state index in [2.05, 4.69) is 5.32 Å². The molecule has 1 saturated heterocycles. The van der Waals surface area contributed by atoms with Gasteiger partial charge in [0.2, 0.25) is 0 Å². The predicted octanol–water partition coefficient (Wildman–Crippen LogP) is 1.29. The van der Waals surface area contributed by atoms with Crippen molar-refractivity contribution >= 4 is 17.5 Å². The molecule has 2 amide bonds. The van der Waals surface area contributed by atoms with Gasteiger partial charge in [-0.2, -0.15) is 0 Å². The van der Waals surface area contributed by atoms with Crippen molar-refractivity contribution < 1.29 is 19.4 Å². The topological polar surface area (TPSA) is 78.9 Å². The number of anilines is 1. The number of nitrogens with zero attached hydrogens (tertiary/aromatic N) is 1. The molecule has 6 heteroatoms. The minimum absolute atomic E-state index is 0.00470. The van der Waals surface area contributed by atoms with Crippen LogP contribution in [0, 0.1) is 5.92 Å². The van der Waals surface area contributed by atoms with Gasteiger partial charge >= 0.3 is 6.03 Å². The number of aryl methyl sites for hydroxylation is 1. The van der Waals surface area contributed by atoms with Crippen LogP contribution in [0.2, 0.25) is 0 Å². The SMILES string of the molecule is O=C1CCc2cc(NC(=O)N3CCOCC(CO)C3)ccc21. The lowest BCUT2D eigenvalue weighted by Gasteiger charge is -2.23. The zero-order valence-corrected chi connectivity index (χ0v) is 12.4. The monoisotopic (exact) mass is 304 g/mol. The molecule has 1 atom stereocenters. The van der Waals surface area contributed by atoms with Gasteiger partial charge in [0.25, 0.3) is 0 Å². The van der Waals surface area contributed by atoms with Crippen LogP contribution in [0.5, 0.6) is 0 Å². The number of hydrogen-bond acceptors (Lipinski definition) is 4. The predicted molar refractivity (Wildman–Crippen MR) is 81.1 cm³/mol. The van der Waals surface area contributed by atoms with E-state index in [1.165, 1.54) is 0 Å². The maximum atomic E-state index is 12.4. The number of aliphatic hydroxyl groups excluding tert-OH is 1. The smallest absolute Gasteiger partial charge is 0.321 e. The lowest BCUT2D eigenvalue weighted by Crippen LogP contribution is -2.39. The highest BCUT2D eigenvalue weighted by molar-refractivity contribution is 6.01. The maximum Gasteiger partial charge on any atom is 0.321 e. The number of fused-ring (bicyclic) bond motifs is 1.